The normalized spacial score (nSPS) is 17.5. The number of nitrogens with one attached hydrogen (secondary N) is 2. The van der Waals surface area contributed by atoms with Crippen molar-refractivity contribution < 1.29 is 38.1 Å². The number of ether oxygens (including phenoxy) is 5. The molecule has 0 saturated carbocycles. The molecule has 2 atom stereocenters. The largest absolute Gasteiger partial charge is 0.377 e. The predicted octanol–water partition coefficient (Wildman–Crippen LogP) is 4.65. The molecule has 2 aliphatic rings. The Kier molecular flexibility index (Phi) is 18.7. The third-order valence-corrected chi connectivity index (χ3v) is 9.75. The SMILES string of the molecule is CC(=O)N1c2ccc(-c3ccc(C(=O)NCCOCCOCCOCCOCCOCCNC(=O)CN4CCCCC4)cc3)cc2C(C(C)C)CC1C. The lowest BCUT2D eigenvalue weighted by molar-refractivity contribution is -0.122. The van der Waals surface area contributed by atoms with Crippen molar-refractivity contribution in [1.82, 2.24) is 15.5 Å². The minimum absolute atomic E-state index is 0.0583. The first kappa shape index (κ1) is 42.4. The molecule has 0 aromatic heterocycles. The monoisotopic (exact) mass is 738 g/mol. The maximum absolute atomic E-state index is 12.7. The van der Waals surface area contributed by atoms with Gasteiger partial charge in [-0.1, -0.05) is 38.5 Å². The van der Waals surface area contributed by atoms with Crippen LogP contribution in [-0.2, 0) is 33.3 Å². The Labute approximate surface area is 316 Å². The summed E-state index contributed by atoms with van der Waals surface area (Å²) in [6.07, 6.45) is 4.56. The van der Waals surface area contributed by atoms with E-state index in [0.29, 0.717) is 103 Å². The first-order valence-corrected chi connectivity index (χ1v) is 19.4. The van der Waals surface area contributed by atoms with E-state index in [4.69, 9.17) is 23.7 Å². The Bertz CT molecular complexity index is 1400. The molecule has 2 heterocycles. The number of likely N-dealkylation sites (tertiary alicyclic amines) is 1. The minimum Gasteiger partial charge on any atom is -0.377 e. The maximum Gasteiger partial charge on any atom is 0.251 e. The van der Waals surface area contributed by atoms with E-state index in [-0.39, 0.29) is 23.8 Å². The first-order valence-electron chi connectivity index (χ1n) is 19.4. The molecule has 12 heteroatoms. The third kappa shape index (κ3) is 14.4. The van der Waals surface area contributed by atoms with E-state index in [0.717, 1.165) is 36.3 Å². The number of amides is 3. The number of fused-ring (bicyclic) bond motifs is 1. The van der Waals surface area contributed by atoms with Crippen LogP contribution in [0, 0.1) is 5.92 Å². The molecule has 1 fully saturated rings. The molecule has 12 nitrogen and oxygen atoms in total. The smallest absolute Gasteiger partial charge is 0.251 e. The van der Waals surface area contributed by atoms with Gasteiger partial charge in [0.25, 0.3) is 5.91 Å². The molecule has 294 valence electrons. The Balaban J connectivity index is 0.970. The molecular weight excluding hydrogens is 676 g/mol. The maximum atomic E-state index is 12.7. The summed E-state index contributed by atoms with van der Waals surface area (Å²) in [7, 11) is 0. The van der Waals surface area contributed by atoms with E-state index in [9.17, 15) is 14.4 Å². The Morgan fingerprint density at radius 3 is 1.79 bits per heavy atom. The van der Waals surface area contributed by atoms with E-state index >= 15 is 0 Å². The third-order valence-electron chi connectivity index (χ3n) is 9.75. The first-order chi connectivity index (χ1) is 25.7. The molecular formula is C41H62N4O8. The van der Waals surface area contributed by atoms with E-state index < -0.39 is 0 Å². The van der Waals surface area contributed by atoms with E-state index in [1.54, 1.807) is 6.92 Å². The van der Waals surface area contributed by atoms with Crippen molar-refractivity contribution in [1.29, 1.82) is 0 Å². The van der Waals surface area contributed by atoms with Gasteiger partial charge in [-0.2, -0.15) is 0 Å². The van der Waals surface area contributed by atoms with Crippen LogP contribution in [0.15, 0.2) is 42.5 Å². The van der Waals surface area contributed by atoms with Gasteiger partial charge in [0.1, 0.15) is 0 Å². The topological polar surface area (TPSA) is 128 Å². The molecule has 2 N–H and O–H groups in total. The summed E-state index contributed by atoms with van der Waals surface area (Å²) in [5.74, 6) is 0.824. The number of hydrogen-bond donors (Lipinski definition) is 2. The van der Waals surface area contributed by atoms with Crippen LogP contribution in [0.1, 0.15) is 75.2 Å². The molecule has 1 saturated heterocycles. The van der Waals surface area contributed by atoms with Gasteiger partial charge in [0, 0.05) is 37.3 Å². The van der Waals surface area contributed by atoms with Crippen LogP contribution < -0.4 is 15.5 Å². The van der Waals surface area contributed by atoms with Gasteiger partial charge < -0.3 is 39.2 Å². The van der Waals surface area contributed by atoms with Crippen LogP contribution in [0.2, 0.25) is 0 Å². The minimum atomic E-state index is -0.148. The number of hydrogen-bond acceptors (Lipinski definition) is 9. The second-order valence-corrected chi connectivity index (χ2v) is 14.2. The van der Waals surface area contributed by atoms with Crippen LogP contribution in [0.5, 0.6) is 0 Å². The second kappa shape index (κ2) is 23.4. The number of anilines is 1. The van der Waals surface area contributed by atoms with Gasteiger partial charge in [0.15, 0.2) is 0 Å². The van der Waals surface area contributed by atoms with Crippen molar-refractivity contribution in [3.05, 3.63) is 53.6 Å². The molecule has 4 rings (SSSR count). The summed E-state index contributed by atoms with van der Waals surface area (Å²) in [5.41, 5.74) is 4.91. The molecule has 2 aromatic rings. The van der Waals surface area contributed by atoms with Crippen molar-refractivity contribution >= 4 is 23.4 Å². The van der Waals surface area contributed by atoms with Crippen molar-refractivity contribution in [2.75, 3.05) is 104 Å². The number of carbonyl (C=O) groups excluding carboxylic acids is 3. The lowest BCUT2D eigenvalue weighted by Crippen LogP contribution is -2.42. The van der Waals surface area contributed by atoms with E-state index in [2.05, 4.69) is 54.5 Å². The zero-order valence-corrected chi connectivity index (χ0v) is 32.4. The lowest BCUT2D eigenvalue weighted by atomic mass is 9.78. The number of carbonyl (C=O) groups is 3. The molecule has 0 spiro atoms. The van der Waals surface area contributed by atoms with Crippen LogP contribution in [-0.4, -0.2) is 127 Å². The standard InChI is InChI=1S/C41H62N4O8/c1-31(2)37-28-32(3)45(33(4)46)39-13-12-36(29-38(37)39)34-8-10-35(11-9-34)41(48)43-15-19-50-21-23-52-25-27-53-26-24-51-22-20-49-18-14-42-40(47)30-44-16-6-5-7-17-44/h8-13,29,31-32,37H,5-7,14-28,30H2,1-4H3,(H,42,47)(H,43,48). The fraction of sp³-hybridized carbons (Fsp3) is 0.634. The fourth-order valence-corrected chi connectivity index (χ4v) is 6.97. The number of piperidine rings is 1. The van der Waals surface area contributed by atoms with Crippen molar-refractivity contribution in [3.8, 4) is 11.1 Å². The summed E-state index contributed by atoms with van der Waals surface area (Å²) in [6.45, 7) is 16.2. The van der Waals surface area contributed by atoms with Gasteiger partial charge >= 0.3 is 0 Å². The molecule has 0 bridgehead atoms. The average molecular weight is 739 g/mol. The van der Waals surface area contributed by atoms with Gasteiger partial charge in [-0.3, -0.25) is 19.3 Å². The highest BCUT2D eigenvalue weighted by Crippen LogP contribution is 2.44. The summed E-state index contributed by atoms with van der Waals surface area (Å²) in [4.78, 5) is 41.2. The number of nitrogens with zero attached hydrogens (tertiary/aromatic N) is 2. The molecule has 2 unspecified atom stereocenters. The van der Waals surface area contributed by atoms with E-state index in [1.807, 2.05) is 29.2 Å². The Hall–Kier alpha value is -3.39. The van der Waals surface area contributed by atoms with Crippen molar-refractivity contribution in [3.63, 3.8) is 0 Å². The lowest BCUT2D eigenvalue weighted by Gasteiger charge is -2.40. The van der Waals surface area contributed by atoms with Crippen LogP contribution in [0.25, 0.3) is 11.1 Å². The molecule has 2 aromatic carbocycles. The van der Waals surface area contributed by atoms with Crippen molar-refractivity contribution in [2.24, 2.45) is 5.92 Å². The highest BCUT2D eigenvalue weighted by molar-refractivity contribution is 5.95. The molecule has 0 radical (unpaired) electrons. The van der Waals surface area contributed by atoms with Crippen LogP contribution in [0.3, 0.4) is 0 Å². The number of rotatable bonds is 23. The molecule has 53 heavy (non-hydrogen) atoms. The highest BCUT2D eigenvalue weighted by atomic mass is 16.6. The van der Waals surface area contributed by atoms with Crippen LogP contribution in [0.4, 0.5) is 5.69 Å². The molecule has 3 amide bonds. The zero-order chi connectivity index (χ0) is 37.8. The quantitative estimate of drug-likeness (QED) is 0.157. The molecule has 0 aliphatic carbocycles. The van der Waals surface area contributed by atoms with Crippen LogP contribution >= 0.6 is 0 Å². The number of benzene rings is 2. The summed E-state index contributed by atoms with van der Waals surface area (Å²) in [5, 5.41) is 5.81. The second-order valence-electron chi connectivity index (χ2n) is 14.2. The Morgan fingerprint density at radius 1 is 0.717 bits per heavy atom. The van der Waals surface area contributed by atoms with Gasteiger partial charge in [-0.05, 0) is 92.1 Å². The summed E-state index contributed by atoms with van der Waals surface area (Å²) >= 11 is 0. The summed E-state index contributed by atoms with van der Waals surface area (Å²) < 4.78 is 27.7. The van der Waals surface area contributed by atoms with Gasteiger partial charge in [0.2, 0.25) is 11.8 Å². The van der Waals surface area contributed by atoms with Crippen molar-refractivity contribution in [2.45, 2.75) is 65.3 Å². The highest BCUT2D eigenvalue weighted by Gasteiger charge is 2.34. The van der Waals surface area contributed by atoms with E-state index in [1.165, 1.54) is 24.8 Å². The Morgan fingerprint density at radius 2 is 1.25 bits per heavy atom. The summed E-state index contributed by atoms with van der Waals surface area (Å²) in [6, 6.07) is 14.1. The fourth-order valence-electron chi connectivity index (χ4n) is 6.97. The zero-order valence-electron chi connectivity index (χ0n) is 32.4. The molecule has 2 aliphatic heterocycles. The van der Waals surface area contributed by atoms with Gasteiger partial charge in [0.05, 0.1) is 72.6 Å². The average Bonchev–Trinajstić information content (AvgIpc) is 3.15. The van der Waals surface area contributed by atoms with Gasteiger partial charge in [-0.15, -0.1) is 0 Å². The van der Waals surface area contributed by atoms with Gasteiger partial charge in [-0.25, -0.2) is 0 Å². The predicted molar refractivity (Wildman–Crippen MR) is 206 cm³/mol.